The van der Waals surface area contributed by atoms with Crippen LogP contribution in [0.4, 0.5) is 0 Å². The van der Waals surface area contributed by atoms with Gasteiger partial charge in [-0.25, -0.2) is 0 Å². The summed E-state index contributed by atoms with van der Waals surface area (Å²) in [5.74, 6) is 1.50. The van der Waals surface area contributed by atoms with E-state index in [1.54, 1.807) is 0 Å². The van der Waals surface area contributed by atoms with Crippen LogP contribution in [0, 0.1) is 5.92 Å². The molecule has 0 spiro atoms. The molecular weight excluding hydrogens is 207 g/mol. The Kier molecular flexibility index (Phi) is 6.42. The highest BCUT2D eigenvalue weighted by Crippen LogP contribution is 2.26. The van der Waals surface area contributed by atoms with E-state index in [0.717, 1.165) is 25.3 Å². The minimum atomic E-state index is 0.640. The highest BCUT2D eigenvalue weighted by Gasteiger charge is 2.22. The fourth-order valence-corrected chi connectivity index (χ4v) is 2.68. The van der Waals surface area contributed by atoms with Crippen molar-refractivity contribution in [2.45, 2.75) is 51.3 Å². The van der Waals surface area contributed by atoms with Crippen LogP contribution in [-0.2, 0) is 0 Å². The van der Waals surface area contributed by atoms with Gasteiger partial charge >= 0.3 is 0 Å². The van der Waals surface area contributed by atoms with Gasteiger partial charge in [0.25, 0.3) is 0 Å². The monoisotopic (exact) mass is 234 g/mol. The van der Waals surface area contributed by atoms with Crippen LogP contribution in [-0.4, -0.2) is 19.8 Å². The first kappa shape index (κ1) is 14.4. The zero-order valence-electron chi connectivity index (χ0n) is 11.3. The van der Waals surface area contributed by atoms with Crippen LogP contribution in [0.3, 0.4) is 0 Å². The average Bonchev–Trinajstić information content (AvgIpc) is 2.28. The fraction of sp³-hybridized carbons (Fsp3) is 0.714. The molecule has 96 valence electrons. The lowest BCUT2D eigenvalue weighted by Gasteiger charge is -2.29. The summed E-state index contributed by atoms with van der Waals surface area (Å²) in [6.07, 6.45) is 7.20. The second-order valence-electron chi connectivity index (χ2n) is 5.52. The summed E-state index contributed by atoms with van der Waals surface area (Å²) in [7, 11) is 1.28. The zero-order valence-corrected chi connectivity index (χ0v) is 11.3. The van der Waals surface area contributed by atoms with Gasteiger partial charge in [0.05, 0.1) is 0 Å². The standard InChI is InChI=1S/C14H27BN2/c1-11(2)9-13-6-7-14(15-10-13)17-12(3)5-4-8-16/h13-15,17H,1,3-10,16H2,2H3. The smallest absolute Gasteiger partial charge is 0.149 e. The predicted molar refractivity (Wildman–Crippen MR) is 78.5 cm³/mol. The Morgan fingerprint density at radius 1 is 1.41 bits per heavy atom. The van der Waals surface area contributed by atoms with Gasteiger partial charge in [-0.15, -0.1) is 6.58 Å². The minimum Gasteiger partial charge on any atom is -0.394 e. The topological polar surface area (TPSA) is 38.0 Å². The molecule has 0 aromatic carbocycles. The highest BCUT2D eigenvalue weighted by atomic mass is 14.9. The molecule has 0 amide bonds. The van der Waals surface area contributed by atoms with Gasteiger partial charge in [-0.05, 0) is 57.4 Å². The first-order valence-corrected chi connectivity index (χ1v) is 6.90. The maximum absolute atomic E-state index is 5.50. The third-order valence-electron chi connectivity index (χ3n) is 3.57. The van der Waals surface area contributed by atoms with Crippen LogP contribution in [0.15, 0.2) is 24.4 Å². The van der Waals surface area contributed by atoms with Gasteiger partial charge < -0.3 is 11.1 Å². The van der Waals surface area contributed by atoms with E-state index in [0.29, 0.717) is 5.94 Å². The summed E-state index contributed by atoms with van der Waals surface area (Å²) < 4.78 is 0. The summed E-state index contributed by atoms with van der Waals surface area (Å²) in [6, 6.07) is 0. The lowest BCUT2D eigenvalue weighted by molar-refractivity contribution is 0.450. The molecule has 1 rings (SSSR count). The molecular formula is C14H27BN2. The summed E-state index contributed by atoms with van der Waals surface area (Å²) in [4.78, 5) is 0. The van der Waals surface area contributed by atoms with E-state index < -0.39 is 0 Å². The zero-order chi connectivity index (χ0) is 12.7. The summed E-state index contributed by atoms with van der Waals surface area (Å²) in [5.41, 5.74) is 7.99. The molecule has 1 fully saturated rings. The first-order chi connectivity index (χ1) is 8.11. The number of rotatable bonds is 7. The molecule has 3 N–H and O–H groups in total. The van der Waals surface area contributed by atoms with Crippen molar-refractivity contribution in [3.05, 3.63) is 24.4 Å². The molecule has 1 saturated heterocycles. The van der Waals surface area contributed by atoms with E-state index in [9.17, 15) is 0 Å². The van der Waals surface area contributed by atoms with E-state index in [4.69, 9.17) is 5.73 Å². The Morgan fingerprint density at radius 3 is 2.71 bits per heavy atom. The molecule has 1 heterocycles. The third-order valence-corrected chi connectivity index (χ3v) is 3.57. The van der Waals surface area contributed by atoms with Crippen molar-refractivity contribution in [1.29, 1.82) is 0 Å². The second kappa shape index (κ2) is 7.60. The van der Waals surface area contributed by atoms with Crippen LogP contribution >= 0.6 is 0 Å². The Bertz CT molecular complexity index is 255. The van der Waals surface area contributed by atoms with Crippen LogP contribution in [0.5, 0.6) is 0 Å². The van der Waals surface area contributed by atoms with E-state index in [1.165, 1.54) is 44.1 Å². The molecule has 0 aromatic heterocycles. The largest absolute Gasteiger partial charge is 0.394 e. The van der Waals surface area contributed by atoms with Crippen molar-refractivity contribution >= 4 is 7.28 Å². The van der Waals surface area contributed by atoms with Crippen molar-refractivity contribution in [3.8, 4) is 0 Å². The SMILES string of the molecule is C=C(C)CC1CBC(NC(=C)CCCN)CC1. The van der Waals surface area contributed by atoms with Crippen LogP contribution < -0.4 is 11.1 Å². The van der Waals surface area contributed by atoms with Crippen molar-refractivity contribution < 1.29 is 0 Å². The lowest BCUT2D eigenvalue weighted by atomic mass is 9.55. The normalized spacial score (nSPS) is 23.9. The van der Waals surface area contributed by atoms with E-state index in [-0.39, 0.29) is 0 Å². The molecule has 2 unspecified atom stereocenters. The molecule has 0 aromatic rings. The van der Waals surface area contributed by atoms with Crippen molar-refractivity contribution in [1.82, 2.24) is 5.32 Å². The van der Waals surface area contributed by atoms with Crippen molar-refractivity contribution in [2.75, 3.05) is 6.54 Å². The van der Waals surface area contributed by atoms with Gasteiger partial charge in [0, 0.05) is 5.70 Å². The highest BCUT2D eigenvalue weighted by molar-refractivity contribution is 6.38. The molecule has 17 heavy (non-hydrogen) atoms. The Hall–Kier alpha value is -0.695. The fourth-order valence-electron chi connectivity index (χ4n) is 2.68. The van der Waals surface area contributed by atoms with Crippen LogP contribution in [0.25, 0.3) is 0 Å². The molecule has 2 nitrogen and oxygen atoms in total. The maximum Gasteiger partial charge on any atom is 0.149 e. The lowest BCUT2D eigenvalue weighted by Crippen LogP contribution is -2.38. The molecule has 1 aliphatic rings. The van der Waals surface area contributed by atoms with Crippen LogP contribution in [0.1, 0.15) is 39.0 Å². The number of hydrogen-bond donors (Lipinski definition) is 2. The predicted octanol–water partition coefficient (Wildman–Crippen LogP) is 2.39. The van der Waals surface area contributed by atoms with E-state index in [1.807, 2.05) is 0 Å². The van der Waals surface area contributed by atoms with Crippen LogP contribution in [0.2, 0.25) is 6.32 Å². The Labute approximate surface area is 107 Å². The van der Waals surface area contributed by atoms with Gasteiger partial charge in [-0.2, -0.15) is 0 Å². The molecule has 0 bridgehead atoms. The van der Waals surface area contributed by atoms with Gasteiger partial charge in [-0.3, -0.25) is 0 Å². The number of nitrogens with two attached hydrogens (primary N) is 1. The number of hydrogen-bond acceptors (Lipinski definition) is 2. The molecule has 0 aliphatic carbocycles. The van der Waals surface area contributed by atoms with E-state index in [2.05, 4.69) is 25.4 Å². The van der Waals surface area contributed by atoms with Crippen molar-refractivity contribution in [3.63, 3.8) is 0 Å². The summed E-state index contributed by atoms with van der Waals surface area (Å²) in [6.45, 7) is 11.0. The molecule has 1 aliphatic heterocycles. The third kappa shape index (κ3) is 5.97. The molecule has 3 heteroatoms. The Morgan fingerprint density at radius 2 is 2.18 bits per heavy atom. The Balaban J connectivity index is 2.18. The molecule has 2 atom stereocenters. The second-order valence-corrected chi connectivity index (χ2v) is 5.52. The molecule has 0 saturated carbocycles. The average molecular weight is 234 g/mol. The molecule has 0 radical (unpaired) electrons. The number of nitrogens with one attached hydrogen (secondary N) is 1. The quantitative estimate of drug-likeness (QED) is 0.524. The first-order valence-electron chi connectivity index (χ1n) is 6.90. The summed E-state index contributed by atoms with van der Waals surface area (Å²) in [5, 5.41) is 3.56. The van der Waals surface area contributed by atoms with Gasteiger partial charge in [0.2, 0.25) is 0 Å². The minimum absolute atomic E-state index is 0.640. The van der Waals surface area contributed by atoms with Gasteiger partial charge in [0.1, 0.15) is 7.28 Å². The van der Waals surface area contributed by atoms with Crippen molar-refractivity contribution in [2.24, 2.45) is 11.7 Å². The maximum atomic E-state index is 5.50. The van der Waals surface area contributed by atoms with Gasteiger partial charge in [0.15, 0.2) is 0 Å². The number of allylic oxidation sites excluding steroid dienone is 2. The summed E-state index contributed by atoms with van der Waals surface area (Å²) >= 11 is 0. The van der Waals surface area contributed by atoms with E-state index >= 15 is 0 Å². The van der Waals surface area contributed by atoms with Gasteiger partial charge in [-0.1, -0.05) is 18.5 Å².